The molecule has 0 bridgehead atoms. The fourth-order valence-electron chi connectivity index (χ4n) is 2.72. The van der Waals surface area contributed by atoms with E-state index in [-0.39, 0.29) is 11.7 Å². The molecule has 2 aromatic carbocycles. The van der Waals surface area contributed by atoms with Gasteiger partial charge in [-0.05, 0) is 54.1 Å². The minimum absolute atomic E-state index is 0.234. The van der Waals surface area contributed by atoms with Crippen molar-refractivity contribution in [2.45, 2.75) is 13.2 Å². The molecule has 5 nitrogen and oxygen atoms in total. The van der Waals surface area contributed by atoms with Gasteiger partial charge in [0.2, 0.25) is 0 Å². The molecule has 4 rings (SSSR count). The molecule has 0 saturated carbocycles. The second-order valence-corrected chi connectivity index (χ2v) is 7.34. The van der Waals surface area contributed by atoms with E-state index in [0.29, 0.717) is 24.6 Å². The first-order chi connectivity index (χ1) is 14.7. The lowest BCUT2D eigenvalue weighted by molar-refractivity contribution is 0.0946. The predicted octanol–water partition coefficient (Wildman–Crippen LogP) is 4.85. The van der Waals surface area contributed by atoms with E-state index in [2.05, 4.69) is 15.3 Å². The smallest absolute Gasteiger partial charge is 0.271 e. The molecule has 0 unspecified atom stereocenters. The number of carbonyl (C=O) groups is 1. The maximum Gasteiger partial charge on any atom is 0.271 e. The van der Waals surface area contributed by atoms with Crippen LogP contribution in [0.15, 0.2) is 78.3 Å². The highest BCUT2D eigenvalue weighted by atomic mass is 32.1. The summed E-state index contributed by atoms with van der Waals surface area (Å²) in [4.78, 5) is 20.9. The fourth-order valence-corrected chi connectivity index (χ4v) is 3.52. The van der Waals surface area contributed by atoms with Crippen LogP contribution in [0.5, 0.6) is 5.75 Å². The molecule has 4 aromatic rings. The Morgan fingerprint density at radius 1 is 1.03 bits per heavy atom. The van der Waals surface area contributed by atoms with Crippen molar-refractivity contribution < 1.29 is 13.9 Å². The van der Waals surface area contributed by atoms with E-state index in [4.69, 9.17) is 4.74 Å². The number of hydrogen-bond donors (Lipinski definition) is 1. The highest BCUT2D eigenvalue weighted by Gasteiger charge is 2.12. The second-order valence-electron chi connectivity index (χ2n) is 6.48. The summed E-state index contributed by atoms with van der Waals surface area (Å²) in [6.45, 7) is 0.712. The van der Waals surface area contributed by atoms with Crippen molar-refractivity contribution in [3.05, 3.63) is 101 Å². The second kappa shape index (κ2) is 9.28. The van der Waals surface area contributed by atoms with Crippen molar-refractivity contribution in [1.82, 2.24) is 15.3 Å². The van der Waals surface area contributed by atoms with Crippen molar-refractivity contribution in [3.8, 4) is 16.3 Å². The van der Waals surface area contributed by atoms with Gasteiger partial charge < -0.3 is 10.1 Å². The van der Waals surface area contributed by atoms with Gasteiger partial charge in [-0.25, -0.2) is 9.37 Å². The Kier molecular flexibility index (Phi) is 6.10. The molecule has 0 aliphatic carbocycles. The third-order valence-corrected chi connectivity index (χ3v) is 5.20. The van der Waals surface area contributed by atoms with E-state index in [1.165, 1.54) is 23.5 Å². The van der Waals surface area contributed by atoms with E-state index >= 15 is 0 Å². The molecule has 7 heteroatoms. The van der Waals surface area contributed by atoms with Crippen LogP contribution in [0.4, 0.5) is 4.39 Å². The minimum atomic E-state index is -0.267. The maximum absolute atomic E-state index is 13.0. The zero-order chi connectivity index (χ0) is 20.8. The van der Waals surface area contributed by atoms with Crippen molar-refractivity contribution in [2.24, 2.45) is 0 Å². The SMILES string of the molecule is O=C(NCc1ccccn1)c1csc(-c2ccc(OCc3ccc(F)cc3)cc2)n1. The average Bonchev–Trinajstić information content (AvgIpc) is 3.29. The third kappa shape index (κ3) is 5.07. The van der Waals surface area contributed by atoms with E-state index < -0.39 is 0 Å². The summed E-state index contributed by atoms with van der Waals surface area (Å²) >= 11 is 1.41. The number of carbonyl (C=O) groups excluding carboxylic acids is 1. The van der Waals surface area contributed by atoms with Crippen LogP contribution in [0.25, 0.3) is 10.6 Å². The van der Waals surface area contributed by atoms with E-state index in [9.17, 15) is 9.18 Å². The molecular formula is C23H18FN3O2S. The van der Waals surface area contributed by atoms with E-state index in [1.54, 1.807) is 23.7 Å². The number of ether oxygens (including phenoxy) is 1. The first-order valence-electron chi connectivity index (χ1n) is 9.29. The first-order valence-corrected chi connectivity index (χ1v) is 10.2. The summed E-state index contributed by atoms with van der Waals surface area (Å²) in [5.41, 5.74) is 2.96. The quantitative estimate of drug-likeness (QED) is 0.465. The molecule has 0 aliphatic rings. The van der Waals surface area contributed by atoms with E-state index in [0.717, 1.165) is 21.8 Å². The minimum Gasteiger partial charge on any atom is -0.489 e. The number of nitrogens with one attached hydrogen (secondary N) is 1. The normalized spacial score (nSPS) is 10.6. The maximum atomic E-state index is 13.0. The number of thiazole rings is 1. The summed E-state index contributed by atoms with van der Waals surface area (Å²) in [6.07, 6.45) is 1.69. The molecule has 1 amide bonds. The fraction of sp³-hybridized carbons (Fsp3) is 0.0870. The van der Waals surface area contributed by atoms with Gasteiger partial charge in [-0.3, -0.25) is 9.78 Å². The number of halogens is 1. The molecule has 0 radical (unpaired) electrons. The third-order valence-electron chi connectivity index (χ3n) is 4.31. The van der Waals surface area contributed by atoms with Crippen LogP contribution in [0.2, 0.25) is 0 Å². The lowest BCUT2D eigenvalue weighted by Crippen LogP contribution is -2.23. The number of rotatable bonds is 7. The molecule has 0 aliphatic heterocycles. The van der Waals surface area contributed by atoms with Crippen LogP contribution in [0, 0.1) is 5.82 Å². The molecule has 0 atom stereocenters. The van der Waals surface area contributed by atoms with Gasteiger partial charge in [0.05, 0.1) is 12.2 Å². The zero-order valence-electron chi connectivity index (χ0n) is 15.9. The highest BCUT2D eigenvalue weighted by Crippen LogP contribution is 2.26. The van der Waals surface area contributed by atoms with Gasteiger partial charge in [0.25, 0.3) is 5.91 Å². The topological polar surface area (TPSA) is 64.1 Å². The van der Waals surface area contributed by atoms with Gasteiger partial charge in [-0.15, -0.1) is 11.3 Å². The standard InChI is InChI=1S/C23H18FN3O2S/c24-18-8-4-16(5-9-18)14-29-20-10-6-17(7-11-20)23-27-21(15-30-23)22(28)26-13-19-3-1-2-12-25-19/h1-12,15H,13-14H2,(H,26,28). The monoisotopic (exact) mass is 419 g/mol. The number of hydrogen-bond acceptors (Lipinski definition) is 5. The summed E-state index contributed by atoms with van der Waals surface area (Å²) in [6, 6.07) is 19.3. The zero-order valence-corrected chi connectivity index (χ0v) is 16.7. The molecule has 2 heterocycles. The Hall–Kier alpha value is -3.58. The molecule has 150 valence electrons. The average molecular weight is 419 g/mol. The molecule has 1 N–H and O–H groups in total. The van der Waals surface area contributed by atoms with Crippen molar-refractivity contribution in [3.63, 3.8) is 0 Å². The van der Waals surface area contributed by atoms with E-state index in [1.807, 2.05) is 42.5 Å². The van der Waals surface area contributed by atoms with Crippen LogP contribution in [0.3, 0.4) is 0 Å². The van der Waals surface area contributed by atoms with Gasteiger partial charge in [0, 0.05) is 17.1 Å². The van der Waals surface area contributed by atoms with Crippen LogP contribution >= 0.6 is 11.3 Å². The lowest BCUT2D eigenvalue weighted by Gasteiger charge is -2.07. The number of pyridine rings is 1. The van der Waals surface area contributed by atoms with Crippen LogP contribution in [-0.4, -0.2) is 15.9 Å². The van der Waals surface area contributed by atoms with Crippen LogP contribution < -0.4 is 10.1 Å². The Morgan fingerprint density at radius 2 is 1.83 bits per heavy atom. The molecule has 2 aromatic heterocycles. The van der Waals surface area contributed by atoms with Gasteiger partial charge in [-0.1, -0.05) is 18.2 Å². The van der Waals surface area contributed by atoms with Crippen molar-refractivity contribution in [2.75, 3.05) is 0 Å². The molecular weight excluding hydrogens is 401 g/mol. The molecule has 30 heavy (non-hydrogen) atoms. The highest BCUT2D eigenvalue weighted by molar-refractivity contribution is 7.13. The largest absolute Gasteiger partial charge is 0.489 e. The molecule has 0 saturated heterocycles. The number of nitrogens with zero attached hydrogens (tertiary/aromatic N) is 2. The predicted molar refractivity (Wildman–Crippen MR) is 114 cm³/mol. The number of aromatic nitrogens is 2. The Labute approximate surface area is 177 Å². The Bertz CT molecular complexity index is 1110. The first kappa shape index (κ1) is 19.7. The summed E-state index contributed by atoms with van der Waals surface area (Å²) in [7, 11) is 0. The Balaban J connectivity index is 1.34. The number of benzene rings is 2. The van der Waals surface area contributed by atoms with Gasteiger partial charge in [-0.2, -0.15) is 0 Å². The van der Waals surface area contributed by atoms with Crippen LogP contribution in [-0.2, 0) is 13.2 Å². The molecule has 0 fully saturated rings. The van der Waals surface area contributed by atoms with Gasteiger partial charge in [0.1, 0.15) is 28.9 Å². The summed E-state index contributed by atoms with van der Waals surface area (Å²) in [5.74, 6) is 0.201. The Morgan fingerprint density at radius 3 is 2.57 bits per heavy atom. The van der Waals surface area contributed by atoms with Crippen molar-refractivity contribution >= 4 is 17.2 Å². The van der Waals surface area contributed by atoms with Gasteiger partial charge in [0.15, 0.2) is 0 Å². The number of amides is 1. The van der Waals surface area contributed by atoms with Gasteiger partial charge >= 0.3 is 0 Å². The lowest BCUT2D eigenvalue weighted by atomic mass is 10.2. The molecule has 0 spiro atoms. The summed E-state index contributed by atoms with van der Waals surface area (Å²) in [5, 5.41) is 5.32. The summed E-state index contributed by atoms with van der Waals surface area (Å²) < 4.78 is 18.7. The van der Waals surface area contributed by atoms with Crippen LogP contribution in [0.1, 0.15) is 21.7 Å². The van der Waals surface area contributed by atoms with Crippen molar-refractivity contribution in [1.29, 1.82) is 0 Å².